The number of benzene rings is 1. The molecule has 1 aliphatic rings. The predicted molar refractivity (Wildman–Crippen MR) is 121 cm³/mol. The predicted octanol–water partition coefficient (Wildman–Crippen LogP) is 2.84. The van der Waals surface area contributed by atoms with Crippen LogP contribution in [-0.4, -0.2) is 66.3 Å². The molecule has 1 N–H and O–H groups in total. The number of ether oxygens (including phenoxy) is 1. The van der Waals surface area contributed by atoms with Crippen LogP contribution in [-0.2, 0) is 6.54 Å². The van der Waals surface area contributed by atoms with Crippen molar-refractivity contribution in [3.63, 3.8) is 0 Å². The number of rotatable bonds is 7. The molecule has 7 nitrogen and oxygen atoms in total. The number of hydrogen-bond donors (Lipinski definition) is 1. The van der Waals surface area contributed by atoms with Crippen LogP contribution < -0.4 is 10.1 Å². The summed E-state index contributed by atoms with van der Waals surface area (Å²) in [6.07, 6.45) is 1.65. The largest absolute Gasteiger partial charge is 0.489 e. The Bertz CT molecular complexity index is 688. The molecule has 1 saturated heterocycles. The van der Waals surface area contributed by atoms with Gasteiger partial charge in [-0.15, -0.1) is 24.0 Å². The first kappa shape index (κ1) is 22.5. The summed E-state index contributed by atoms with van der Waals surface area (Å²) in [6, 6.07) is 11.8. The Morgan fingerprint density at radius 3 is 2.61 bits per heavy atom. The molecule has 1 atom stereocenters. The number of nitrogens with one attached hydrogen (secondary N) is 1. The van der Waals surface area contributed by atoms with Crippen molar-refractivity contribution < 1.29 is 9.26 Å². The zero-order valence-corrected chi connectivity index (χ0v) is 18.9. The molecule has 2 heterocycles. The molecule has 2 aromatic rings. The Morgan fingerprint density at radius 1 is 1.21 bits per heavy atom. The van der Waals surface area contributed by atoms with E-state index >= 15 is 0 Å². The lowest BCUT2D eigenvalue weighted by atomic mass is 10.3. The lowest BCUT2D eigenvalue weighted by Gasteiger charge is -2.36. The van der Waals surface area contributed by atoms with Crippen molar-refractivity contribution in [2.24, 2.45) is 4.99 Å². The highest BCUT2D eigenvalue weighted by atomic mass is 127. The van der Waals surface area contributed by atoms with Crippen LogP contribution in [0.4, 0.5) is 0 Å². The van der Waals surface area contributed by atoms with Crippen molar-refractivity contribution in [2.45, 2.75) is 26.5 Å². The average molecular weight is 499 g/mol. The molecule has 1 unspecified atom stereocenters. The molecule has 1 aromatic heterocycles. The highest BCUT2D eigenvalue weighted by molar-refractivity contribution is 14.0. The average Bonchev–Trinajstić information content (AvgIpc) is 3.20. The maximum absolute atomic E-state index is 5.93. The van der Waals surface area contributed by atoms with Gasteiger partial charge in [0.2, 0.25) is 0 Å². The number of aliphatic imine (C=N–C) groups is 1. The van der Waals surface area contributed by atoms with Gasteiger partial charge in [0, 0.05) is 45.3 Å². The minimum atomic E-state index is 0. The Labute approximate surface area is 184 Å². The van der Waals surface area contributed by atoms with Crippen LogP contribution in [0, 0.1) is 0 Å². The van der Waals surface area contributed by atoms with Crippen molar-refractivity contribution in [3.05, 3.63) is 48.4 Å². The van der Waals surface area contributed by atoms with Crippen LogP contribution >= 0.6 is 24.0 Å². The standard InChI is InChI=1S/C20H29N5O2.HI/c1-3-21-20(22-15-17(2)27-19-7-5-4-6-8-19)25-12-10-24(11-13-25)16-18-9-14-26-23-18;/h4-9,14,17H,3,10-13,15-16H2,1-2H3,(H,21,22);1H. The van der Waals surface area contributed by atoms with Crippen molar-refractivity contribution >= 4 is 29.9 Å². The van der Waals surface area contributed by atoms with Gasteiger partial charge in [-0.1, -0.05) is 23.4 Å². The van der Waals surface area contributed by atoms with E-state index in [1.807, 2.05) is 36.4 Å². The van der Waals surface area contributed by atoms with Crippen LogP contribution in [0.25, 0.3) is 0 Å². The molecular formula is C20H30IN5O2. The van der Waals surface area contributed by atoms with E-state index in [-0.39, 0.29) is 30.1 Å². The SMILES string of the molecule is CCNC(=NCC(C)Oc1ccccc1)N1CCN(Cc2ccon2)CC1.I. The summed E-state index contributed by atoms with van der Waals surface area (Å²) in [5, 5.41) is 7.40. The van der Waals surface area contributed by atoms with Crippen LogP contribution in [0.3, 0.4) is 0 Å². The maximum Gasteiger partial charge on any atom is 0.194 e. The van der Waals surface area contributed by atoms with Crippen molar-refractivity contribution in [2.75, 3.05) is 39.3 Å². The summed E-state index contributed by atoms with van der Waals surface area (Å²) in [5.74, 6) is 1.84. The first-order chi connectivity index (χ1) is 13.2. The number of para-hydroxylation sites is 1. The van der Waals surface area contributed by atoms with Gasteiger partial charge in [0.05, 0.1) is 12.2 Å². The zero-order valence-electron chi connectivity index (χ0n) is 16.6. The molecule has 0 saturated carbocycles. The first-order valence-corrected chi connectivity index (χ1v) is 9.61. The number of hydrogen-bond acceptors (Lipinski definition) is 5. The third kappa shape index (κ3) is 6.97. The molecule has 1 aliphatic heterocycles. The fourth-order valence-corrected chi connectivity index (χ4v) is 3.08. The maximum atomic E-state index is 5.93. The first-order valence-electron chi connectivity index (χ1n) is 9.61. The third-order valence-corrected chi connectivity index (χ3v) is 4.46. The van der Waals surface area contributed by atoms with Gasteiger partial charge in [0.25, 0.3) is 0 Å². The van der Waals surface area contributed by atoms with Gasteiger partial charge in [0.1, 0.15) is 18.1 Å². The number of aromatic nitrogens is 1. The fourth-order valence-electron chi connectivity index (χ4n) is 3.08. The summed E-state index contributed by atoms with van der Waals surface area (Å²) >= 11 is 0. The third-order valence-electron chi connectivity index (χ3n) is 4.46. The topological polar surface area (TPSA) is 66.1 Å². The van der Waals surface area contributed by atoms with Gasteiger partial charge in [-0.3, -0.25) is 4.90 Å². The molecule has 0 radical (unpaired) electrons. The fraction of sp³-hybridized carbons (Fsp3) is 0.500. The number of piperazine rings is 1. The smallest absolute Gasteiger partial charge is 0.194 e. The lowest BCUT2D eigenvalue weighted by molar-refractivity contribution is 0.168. The molecule has 0 bridgehead atoms. The van der Waals surface area contributed by atoms with E-state index in [0.717, 1.165) is 56.7 Å². The quantitative estimate of drug-likeness (QED) is 0.359. The van der Waals surface area contributed by atoms with Gasteiger partial charge in [-0.05, 0) is 26.0 Å². The summed E-state index contributed by atoms with van der Waals surface area (Å²) in [7, 11) is 0. The second kappa shape index (κ2) is 11.9. The number of nitrogens with zero attached hydrogens (tertiary/aromatic N) is 4. The Morgan fingerprint density at radius 2 is 1.96 bits per heavy atom. The van der Waals surface area contributed by atoms with Crippen LogP contribution in [0.15, 0.2) is 52.2 Å². The second-order valence-corrected chi connectivity index (χ2v) is 6.69. The van der Waals surface area contributed by atoms with Crippen LogP contribution in [0.2, 0.25) is 0 Å². The number of halogens is 1. The summed E-state index contributed by atoms with van der Waals surface area (Å²) in [4.78, 5) is 9.50. The highest BCUT2D eigenvalue weighted by Crippen LogP contribution is 2.11. The van der Waals surface area contributed by atoms with E-state index in [1.165, 1.54) is 0 Å². The Hall–Kier alpha value is -1.81. The molecule has 154 valence electrons. The molecule has 1 fully saturated rings. The van der Waals surface area contributed by atoms with Crippen molar-refractivity contribution in [1.82, 2.24) is 20.3 Å². The van der Waals surface area contributed by atoms with Gasteiger partial charge in [-0.2, -0.15) is 0 Å². The molecule has 1 aromatic carbocycles. The Kier molecular flexibility index (Phi) is 9.56. The van der Waals surface area contributed by atoms with Crippen molar-refractivity contribution in [1.29, 1.82) is 0 Å². The molecule has 3 rings (SSSR count). The molecule has 8 heteroatoms. The van der Waals surface area contributed by atoms with Gasteiger partial charge in [-0.25, -0.2) is 4.99 Å². The summed E-state index contributed by atoms with van der Waals surface area (Å²) in [5.41, 5.74) is 0.982. The summed E-state index contributed by atoms with van der Waals surface area (Å²) < 4.78 is 10.8. The lowest BCUT2D eigenvalue weighted by Crippen LogP contribution is -2.52. The highest BCUT2D eigenvalue weighted by Gasteiger charge is 2.20. The van der Waals surface area contributed by atoms with Gasteiger partial charge < -0.3 is 19.5 Å². The minimum Gasteiger partial charge on any atom is -0.489 e. The van der Waals surface area contributed by atoms with Crippen molar-refractivity contribution in [3.8, 4) is 5.75 Å². The van der Waals surface area contributed by atoms with Gasteiger partial charge >= 0.3 is 0 Å². The van der Waals surface area contributed by atoms with E-state index in [2.05, 4.69) is 34.1 Å². The van der Waals surface area contributed by atoms with E-state index in [9.17, 15) is 0 Å². The molecular weight excluding hydrogens is 469 g/mol. The number of guanidine groups is 1. The van der Waals surface area contributed by atoms with Crippen LogP contribution in [0.5, 0.6) is 5.75 Å². The molecule has 0 aliphatic carbocycles. The van der Waals surface area contributed by atoms with E-state index < -0.39 is 0 Å². The molecule has 0 amide bonds. The van der Waals surface area contributed by atoms with E-state index in [0.29, 0.717) is 6.54 Å². The zero-order chi connectivity index (χ0) is 18.9. The van der Waals surface area contributed by atoms with E-state index in [4.69, 9.17) is 14.3 Å². The van der Waals surface area contributed by atoms with E-state index in [1.54, 1.807) is 6.26 Å². The molecule has 0 spiro atoms. The van der Waals surface area contributed by atoms with Gasteiger partial charge in [0.15, 0.2) is 5.96 Å². The second-order valence-electron chi connectivity index (χ2n) is 6.69. The Balaban J connectivity index is 0.00000280. The summed E-state index contributed by atoms with van der Waals surface area (Å²) in [6.45, 7) is 10.3. The van der Waals surface area contributed by atoms with Crippen LogP contribution in [0.1, 0.15) is 19.5 Å². The molecule has 28 heavy (non-hydrogen) atoms. The normalized spacial score (nSPS) is 16.4. The minimum absolute atomic E-state index is 0. The monoisotopic (exact) mass is 499 g/mol.